The van der Waals surface area contributed by atoms with Crippen LogP contribution in [0.25, 0.3) is 21.8 Å². The number of fused-ring (bicyclic) bond motifs is 2. The summed E-state index contributed by atoms with van der Waals surface area (Å²) in [5.41, 5.74) is 1.94. The van der Waals surface area contributed by atoms with Gasteiger partial charge in [0.05, 0.1) is 0 Å². The van der Waals surface area contributed by atoms with Crippen LogP contribution in [0, 0.1) is 0 Å². The number of para-hydroxylation sites is 2. The molecule has 2 heterocycles. The Bertz CT molecular complexity index is 804. The largest absolute Gasteiger partial charge is 0.506 e. The summed E-state index contributed by atoms with van der Waals surface area (Å²) in [6, 6.07) is 17.1. The van der Waals surface area contributed by atoms with Crippen molar-refractivity contribution >= 4 is 21.8 Å². The van der Waals surface area contributed by atoms with Crippen molar-refractivity contribution in [1.82, 2.24) is 9.97 Å². The molecule has 0 atom stereocenters. The molecule has 0 fully saturated rings. The van der Waals surface area contributed by atoms with Gasteiger partial charge in [0.2, 0.25) is 0 Å². The topological polar surface area (TPSA) is 72.0 Å². The maximum Gasteiger partial charge on any atom is 0.189 e. The Labute approximate surface area is 115 Å². The predicted molar refractivity (Wildman–Crippen MR) is 79.9 cm³/mol. The molecule has 4 nitrogen and oxygen atoms in total. The van der Waals surface area contributed by atoms with E-state index in [0.717, 1.165) is 21.8 Å². The SMILES string of the molecule is Oc1c[nH]c2ccccc12.Oc1cc2ccccc2[nH]1. The zero-order chi connectivity index (χ0) is 13.9. The first-order valence-electron chi connectivity index (χ1n) is 6.26. The van der Waals surface area contributed by atoms with Gasteiger partial charge in [-0.25, -0.2) is 0 Å². The molecule has 100 valence electrons. The van der Waals surface area contributed by atoms with Crippen LogP contribution in [0.1, 0.15) is 0 Å². The van der Waals surface area contributed by atoms with Gasteiger partial charge in [0.25, 0.3) is 0 Å². The normalized spacial score (nSPS) is 10.4. The third kappa shape index (κ3) is 2.31. The first-order chi connectivity index (χ1) is 9.74. The maximum atomic E-state index is 9.18. The summed E-state index contributed by atoms with van der Waals surface area (Å²) in [5.74, 6) is 0.539. The van der Waals surface area contributed by atoms with Crippen molar-refractivity contribution in [3.63, 3.8) is 0 Å². The van der Waals surface area contributed by atoms with E-state index in [1.54, 1.807) is 12.3 Å². The minimum atomic E-state index is 0.223. The zero-order valence-electron chi connectivity index (χ0n) is 10.7. The standard InChI is InChI=1S/2C8H7NO/c10-8-5-9-7-4-2-1-3-6(7)8;10-8-5-6-3-1-2-4-7(6)9-8/h2*1-5,9-10H. The molecule has 0 aliphatic carbocycles. The van der Waals surface area contributed by atoms with E-state index in [1.807, 2.05) is 48.5 Å². The molecule has 0 unspecified atom stereocenters. The van der Waals surface area contributed by atoms with Gasteiger partial charge in [-0.15, -0.1) is 0 Å². The van der Waals surface area contributed by atoms with Crippen molar-refractivity contribution in [2.24, 2.45) is 0 Å². The summed E-state index contributed by atoms with van der Waals surface area (Å²) < 4.78 is 0. The number of benzene rings is 2. The van der Waals surface area contributed by atoms with Gasteiger partial charge >= 0.3 is 0 Å². The molecule has 0 saturated heterocycles. The summed E-state index contributed by atoms with van der Waals surface area (Å²) in [6.07, 6.45) is 1.59. The number of aromatic amines is 2. The Morgan fingerprint density at radius 3 is 2.25 bits per heavy atom. The van der Waals surface area contributed by atoms with Gasteiger partial charge in [-0.05, 0) is 18.2 Å². The second-order valence-electron chi connectivity index (χ2n) is 4.46. The van der Waals surface area contributed by atoms with Gasteiger partial charge in [-0.3, -0.25) is 0 Å². The average Bonchev–Trinajstić information content (AvgIpc) is 3.02. The molecule has 2 aromatic carbocycles. The lowest BCUT2D eigenvalue weighted by molar-refractivity contribution is 0.458. The quantitative estimate of drug-likeness (QED) is 0.391. The highest BCUT2D eigenvalue weighted by molar-refractivity contribution is 5.85. The van der Waals surface area contributed by atoms with Crippen LogP contribution in [0.4, 0.5) is 0 Å². The zero-order valence-corrected chi connectivity index (χ0v) is 10.7. The summed E-state index contributed by atoms with van der Waals surface area (Å²) in [7, 11) is 0. The smallest absolute Gasteiger partial charge is 0.189 e. The van der Waals surface area contributed by atoms with Gasteiger partial charge in [0.1, 0.15) is 5.75 Å². The lowest BCUT2D eigenvalue weighted by Gasteiger charge is -1.86. The summed E-state index contributed by atoms with van der Waals surface area (Å²) in [5, 5.41) is 20.1. The Morgan fingerprint density at radius 2 is 1.50 bits per heavy atom. The van der Waals surface area contributed by atoms with E-state index in [-0.39, 0.29) is 5.88 Å². The predicted octanol–water partition coefficient (Wildman–Crippen LogP) is 3.75. The molecule has 4 rings (SSSR count). The Hall–Kier alpha value is -2.88. The highest BCUT2D eigenvalue weighted by Crippen LogP contribution is 2.22. The molecule has 4 aromatic rings. The van der Waals surface area contributed by atoms with Crippen LogP contribution in [-0.4, -0.2) is 20.2 Å². The lowest BCUT2D eigenvalue weighted by Crippen LogP contribution is -1.62. The van der Waals surface area contributed by atoms with Crippen LogP contribution in [0.15, 0.2) is 60.8 Å². The van der Waals surface area contributed by atoms with E-state index >= 15 is 0 Å². The number of rotatable bonds is 0. The van der Waals surface area contributed by atoms with Crippen molar-refractivity contribution in [2.75, 3.05) is 0 Å². The average molecular weight is 266 g/mol. The molecule has 20 heavy (non-hydrogen) atoms. The van der Waals surface area contributed by atoms with Gasteiger partial charge in [-0.2, -0.15) is 0 Å². The molecular formula is C16H14N2O2. The van der Waals surface area contributed by atoms with E-state index in [0.29, 0.717) is 5.75 Å². The first kappa shape index (κ1) is 12.2. The second-order valence-corrected chi connectivity index (χ2v) is 4.46. The fourth-order valence-electron chi connectivity index (χ4n) is 2.11. The molecule has 4 heteroatoms. The van der Waals surface area contributed by atoms with Crippen molar-refractivity contribution in [3.8, 4) is 11.6 Å². The van der Waals surface area contributed by atoms with Crippen molar-refractivity contribution < 1.29 is 10.2 Å². The van der Waals surface area contributed by atoms with Crippen LogP contribution in [-0.2, 0) is 0 Å². The molecule has 4 N–H and O–H groups in total. The molecule has 0 aliphatic rings. The number of hydrogen-bond acceptors (Lipinski definition) is 2. The third-order valence-electron chi connectivity index (χ3n) is 3.08. The minimum absolute atomic E-state index is 0.223. The number of nitrogens with one attached hydrogen (secondary N) is 2. The third-order valence-corrected chi connectivity index (χ3v) is 3.08. The van der Waals surface area contributed by atoms with E-state index in [4.69, 9.17) is 5.11 Å². The van der Waals surface area contributed by atoms with Crippen LogP contribution in [0.3, 0.4) is 0 Å². The van der Waals surface area contributed by atoms with Crippen LogP contribution >= 0.6 is 0 Å². The van der Waals surface area contributed by atoms with Gasteiger partial charge in [0, 0.05) is 34.1 Å². The molecule has 0 bridgehead atoms. The summed E-state index contributed by atoms with van der Waals surface area (Å²) >= 11 is 0. The second kappa shape index (κ2) is 5.01. The van der Waals surface area contributed by atoms with Crippen LogP contribution < -0.4 is 0 Å². The number of aromatic nitrogens is 2. The molecule has 0 saturated carbocycles. The van der Waals surface area contributed by atoms with Gasteiger partial charge in [-0.1, -0.05) is 30.3 Å². The Kier molecular flexibility index (Phi) is 3.05. The summed E-state index contributed by atoms with van der Waals surface area (Å²) in [4.78, 5) is 5.75. The van der Waals surface area contributed by atoms with Crippen LogP contribution in [0.2, 0.25) is 0 Å². The maximum absolute atomic E-state index is 9.18. The number of hydrogen-bond donors (Lipinski definition) is 4. The number of aromatic hydroxyl groups is 2. The van der Waals surface area contributed by atoms with Gasteiger partial charge < -0.3 is 20.2 Å². The molecule has 0 amide bonds. The molecule has 0 spiro atoms. The highest BCUT2D eigenvalue weighted by atomic mass is 16.3. The fourth-order valence-corrected chi connectivity index (χ4v) is 2.11. The molecular weight excluding hydrogens is 252 g/mol. The van der Waals surface area contributed by atoms with Gasteiger partial charge in [0.15, 0.2) is 5.88 Å². The van der Waals surface area contributed by atoms with Crippen molar-refractivity contribution in [3.05, 3.63) is 60.8 Å². The molecule has 0 radical (unpaired) electrons. The lowest BCUT2D eigenvalue weighted by atomic mass is 10.2. The highest BCUT2D eigenvalue weighted by Gasteiger charge is 1.97. The molecule has 2 aromatic heterocycles. The molecule has 0 aliphatic heterocycles. The van der Waals surface area contributed by atoms with E-state index in [9.17, 15) is 5.11 Å². The first-order valence-corrected chi connectivity index (χ1v) is 6.26. The van der Waals surface area contributed by atoms with Crippen molar-refractivity contribution in [1.29, 1.82) is 0 Å². The van der Waals surface area contributed by atoms with E-state index in [1.165, 1.54) is 0 Å². The Balaban J connectivity index is 0.000000121. The van der Waals surface area contributed by atoms with E-state index < -0.39 is 0 Å². The minimum Gasteiger partial charge on any atom is -0.506 e. The van der Waals surface area contributed by atoms with E-state index in [2.05, 4.69) is 9.97 Å². The Morgan fingerprint density at radius 1 is 0.800 bits per heavy atom. The van der Waals surface area contributed by atoms with Crippen molar-refractivity contribution in [2.45, 2.75) is 0 Å². The fraction of sp³-hybridized carbons (Fsp3) is 0. The summed E-state index contributed by atoms with van der Waals surface area (Å²) in [6.45, 7) is 0. The van der Waals surface area contributed by atoms with Crippen LogP contribution in [0.5, 0.6) is 11.6 Å². The number of H-pyrrole nitrogens is 2. The monoisotopic (exact) mass is 266 g/mol.